The number of rotatable bonds is 8. The van der Waals surface area contributed by atoms with E-state index in [1.165, 1.54) is 0 Å². The van der Waals surface area contributed by atoms with Crippen LogP contribution in [0.25, 0.3) is 0 Å². The highest BCUT2D eigenvalue weighted by molar-refractivity contribution is 9.11. The Morgan fingerprint density at radius 2 is 1.71 bits per heavy atom. The summed E-state index contributed by atoms with van der Waals surface area (Å²) in [5.41, 5.74) is 5.03. The molecule has 2 N–H and O–H groups in total. The molecule has 3 aromatic carbocycles. The van der Waals surface area contributed by atoms with Crippen molar-refractivity contribution in [3.8, 4) is 5.75 Å². The molecule has 160 valence electrons. The van der Waals surface area contributed by atoms with E-state index in [9.17, 15) is 4.79 Å². The number of halogens is 4. The zero-order valence-electron chi connectivity index (χ0n) is 16.0. The van der Waals surface area contributed by atoms with Crippen LogP contribution in [0.4, 0.5) is 5.69 Å². The van der Waals surface area contributed by atoms with Gasteiger partial charge in [0, 0.05) is 20.7 Å². The van der Waals surface area contributed by atoms with E-state index in [0.29, 0.717) is 17.4 Å². The first-order valence-corrected chi connectivity index (χ1v) is 11.8. The third-order valence-corrected chi connectivity index (χ3v) is 6.13. The van der Waals surface area contributed by atoms with Crippen LogP contribution >= 0.6 is 59.4 Å². The first kappa shape index (κ1) is 23.8. The van der Waals surface area contributed by atoms with E-state index in [4.69, 9.17) is 16.3 Å². The van der Waals surface area contributed by atoms with E-state index in [1.54, 1.807) is 6.21 Å². The normalized spacial score (nSPS) is 10.8. The van der Waals surface area contributed by atoms with Gasteiger partial charge in [0.25, 0.3) is 5.91 Å². The van der Waals surface area contributed by atoms with Crippen LogP contribution in [-0.4, -0.2) is 18.7 Å². The molecule has 0 spiro atoms. The summed E-state index contributed by atoms with van der Waals surface area (Å²) in [6.07, 6.45) is 1.56. The predicted molar refractivity (Wildman–Crippen MR) is 136 cm³/mol. The molecule has 0 atom stereocenters. The predicted octanol–water partition coefficient (Wildman–Crippen LogP) is 6.77. The summed E-state index contributed by atoms with van der Waals surface area (Å²) >= 11 is 16.6. The Morgan fingerprint density at radius 1 is 1.03 bits per heavy atom. The molecule has 9 heteroatoms. The van der Waals surface area contributed by atoms with Crippen LogP contribution in [-0.2, 0) is 11.4 Å². The number of ether oxygens (including phenoxy) is 1. The lowest BCUT2D eigenvalue weighted by Gasteiger charge is -2.12. The maximum atomic E-state index is 12.0. The Labute approximate surface area is 210 Å². The first-order chi connectivity index (χ1) is 14.9. The average Bonchev–Trinajstić information content (AvgIpc) is 2.74. The van der Waals surface area contributed by atoms with Crippen molar-refractivity contribution in [3.05, 3.63) is 90.2 Å². The quantitative estimate of drug-likeness (QED) is 0.214. The number of carbonyl (C=O) groups excluding carboxylic acids is 1. The molecule has 31 heavy (non-hydrogen) atoms. The molecule has 3 aromatic rings. The van der Waals surface area contributed by atoms with E-state index in [-0.39, 0.29) is 12.5 Å². The highest BCUT2D eigenvalue weighted by Crippen LogP contribution is 2.35. The Balaban J connectivity index is 1.54. The maximum Gasteiger partial charge on any atom is 0.259 e. The van der Waals surface area contributed by atoms with Crippen molar-refractivity contribution in [2.24, 2.45) is 5.10 Å². The topological polar surface area (TPSA) is 62.7 Å². The molecule has 0 unspecified atom stereocenters. The summed E-state index contributed by atoms with van der Waals surface area (Å²) in [4.78, 5) is 12.0. The number of hydrogen-bond acceptors (Lipinski definition) is 4. The van der Waals surface area contributed by atoms with Gasteiger partial charge in [0.2, 0.25) is 0 Å². The minimum atomic E-state index is -0.253. The highest BCUT2D eigenvalue weighted by Gasteiger charge is 2.10. The Kier molecular flexibility index (Phi) is 8.95. The summed E-state index contributed by atoms with van der Waals surface area (Å²) in [7, 11) is 0. The Hall–Kier alpha value is -1.87. The number of carbonyl (C=O) groups is 1. The number of hydrazone groups is 1. The van der Waals surface area contributed by atoms with Crippen LogP contribution in [0.15, 0.2) is 79.2 Å². The van der Waals surface area contributed by atoms with Crippen molar-refractivity contribution in [3.63, 3.8) is 0 Å². The van der Waals surface area contributed by atoms with Crippen molar-refractivity contribution in [1.82, 2.24) is 5.43 Å². The molecule has 0 saturated heterocycles. The Bertz CT molecular complexity index is 1070. The van der Waals surface area contributed by atoms with Gasteiger partial charge in [-0.25, -0.2) is 5.43 Å². The second kappa shape index (κ2) is 11.7. The van der Waals surface area contributed by atoms with Gasteiger partial charge < -0.3 is 10.1 Å². The van der Waals surface area contributed by atoms with Crippen molar-refractivity contribution in [2.75, 3.05) is 11.9 Å². The number of hydrogen-bond donors (Lipinski definition) is 2. The number of benzene rings is 3. The standard InChI is InChI=1S/C22H17Br3ClN3O2/c23-16-5-7-17(8-6-16)27-12-21(30)29-28-11-14-9-18(24)22(19(25)10-14)31-13-15-3-1-2-4-20(15)26/h1-11,27H,12-13H2,(H,29,30)/b28-11-. The first-order valence-electron chi connectivity index (χ1n) is 9.09. The zero-order chi connectivity index (χ0) is 22.2. The summed E-state index contributed by atoms with van der Waals surface area (Å²) in [6.45, 7) is 0.451. The lowest BCUT2D eigenvalue weighted by Crippen LogP contribution is -2.25. The lowest BCUT2D eigenvalue weighted by molar-refractivity contribution is -0.119. The van der Waals surface area contributed by atoms with Crippen molar-refractivity contribution < 1.29 is 9.53 Å². The molecule has 0 heterocycles. The van der Waals surface area contributed by atoms with Crippen LogP contribution < -0.4 is 15.5 Å². The largest absolute Gasteiger partial charge is 0.486 e. The van der Waals surface area contributed by atoms with Crippen LogP contribution in [0.2, 0.25) is 5.02 Å². The molecule has 0 aromatic heterocycles. The second-order valence-electron chi connectivity index (χ2n) is 6.35. The van der Waals surface area contributed by atoms with Crippen LogP contribution in [0.5, 0.6) is 5.75 Å². The van der Waals surface area contributed by atoms with Gasteiger partial charge in [0.15, 0.2) is 0 Å². The summed E-state index contributed by atoms with van der Waals surface area (Å²) in [5, 5.41) is 7.70. The lowest BCUT2D eigenvalue weighted by atomic mass is 10.2. The molecule has 1 amide bonds. The molecule has 5 nitrogen and oxygen atoms in total. The van der Waals surface area contributed by atoms with Crippen LogP contribution in [0.1, 0.15) is 11.1 Å². The number of anilines is 1. The molecule has 0 radical (unpaired) electrons. The Morgan fingerprint density at radius 3 is 2.39 bits per heavy atom. The van der Waals surface area contributed by atoms with Gasteiger partial charge in [-0.05, 0) is 79.9 Å². The average molecular weight is 631 g/mol. The van der Waals surface area contributed by atoms with E-state index in [1.807, 2.05) is 60.7 Å². The third-order valence-electron chi connectivity index (χ3n) is 4.05. The summed E-state index contributed by atoms with van der Waals surface area (Å²) < 4.78 is 8.38. The number of amides is 1. The third kappa shape index (κ3) is 7.35. The molecule has 0 saturated carbocycles. The van der Waals surface area contributed by atoms with E-state index < -0.39 is 0 Å². The number of nitrogens with zero attached hydrogens (tertiary/aromatic N) is 1. The molecular weight excluding hydrogens is 613 g/mol. The fourth-order valence-corrected chi connectivity index (χ4v) is 4.43. The summed E-state index contributed by atoms with van der Waals surface area (Å²) in [5.74, 6) is 0.400. The fraction of sp³-hybridized carbons (Fsp3) is 0.0909. The molecular formula is C22H17Br3ClN3O2. The molecule has 0 aliphatic heterocycles. The van der Waals surface area contributed by atoms with Gasteiger partial charge in [-0.3, -0.25) is 4.79 Å². The molecule has 0 aliphatic rings. The second-order valence-corrected chi connectivity index (χ2v) is 9.38. The van der Waals surface area contributed by atoms with Gasteiger partial charge in [0.05, 0.1) is 21.7 Å². The van der Waals surface area contributed by atoms with Gasteiger partial charge in [-0.1, -0.05) is 45.7 Å². The van der Waals surface area contributed by atoms with Crippen molar-refractivity contribution >= 4 is 77.2 Å². The van der Waals surface area contributed by atoms with Crippen LogP contribution in [0.3, 0.4) is 0 Å². The van der Waals surface area contributed by atoms with Gasteiger partial charge in [-0.15, -0.1) is 0 Å². The van der Waals surface area contributed by atoms with Gasteiger partial charge in [0.1, 0.15) is 12.4 Å². The SMILES string of the molecule is O=C(CNc1ccc(Br)cc1)N/N=C\c1cc(Br)c(OCc2ccccc2Cl)c(Br)c1. The van der Waals surface area contributed by atoms with Gasteiger partial charge >= 0.3 is 0 Å². The smallest absolute Gasteiger partial charge is 0.259 e. The molecule has 0 fully saturated rings. The van der Waals surface area contributed by atoms with E-state index in [2.05, 4.69) is 63.6 Å². The molecule has 0 aliphatic carbocycles. The fourth-order valence-electron chi connectivity index (χ4n) is 2.53. The summed E-state index contributed by atoms with van der Waals surface area (Å²) in [6, 6.07) is 18.8. The molecule has 0 bridgehead atoms. The van der Waals surface area contributed by atoms with E-state index >= 15 is 0 Å². The monoisotopic (exact) mass is 627 g/mol. The van der Waals surface area contributed by atoms with E-state index in [0.717, 1.165) is 30.2 Å². The minimum Gasteiger partial charge on any atom is -0.486 e. The van der Waals surface area contributed by atoms with Crippen molar-refractivity contribution in [2.45, 2.75) is 6.61 Å². The minimum absolute atomic E-state index is 0.112. The maximum absolute atomic E-state index is 12.0. The van der Waals surface area contributed by atoms with Crippen molar-refractivity contribution in [1.29, 1.82) is 0 Å². The number of nitrogens with one attached hydrogen (secondary N) is 2. The highest BCUT2D eigenvalue weighted by atomic mass is 79.9. The van der Waals surface area contributed by atoms with Crippen LogP contribution in [0, 0.1) is 0 Å². The zero-order valence-corrected chi connectivity index (χ0v) is 21.6. The molecule has 3 rings (SSSR count). The van der Waals surface area contributed by atoms with Gasteiger partial charge in [-0.2, -0.15) is 5.10 Å².